The molecule has 166 valence electrons. The van der Waals surface area contributed by atoms with Crippen LogP contribution in [0.15, 0.2) is 78.9 Å². The molecule has 32 heavy (non-hydrogen) atoms. The van der Waals surface area contributed by atoms with Crippen molar-refractivity contribution in [2.24, 2.45) is 0 Å². The number of ether oxygens (including phenoxy) is 1. The predicted octanol–water partition coefficient (Wildman–Crippen LogP) is 6.59. The first kappa shape index (κ1) is 22.3. The molecule has 1 atom stereocenters. The summed E-state index contributed by atoms with van der Waals surface area (Å²) >= 11 is 0. The number of rotatable bonds is 8. The SMILES string of the molecule is CC(=O)c1cccc(O[C@@H](CCN2CCC(c3ccc(C)cc3)CC2)c2ccccc2)c1. The van der Waals surface area contributed by atoms with Crippen molar-refractivity contribution in [2.45, 2.75) is 45.1 Å². The zero-order valence-electron chi connectivity index (χ0n) is 19.2. The van der Waals surface area contributed by atoms with Gasteiger partial charge in [-0.15, -0.1) is 0 Å². The standard InChI is InChI=1S/C29H33NO2/c1-22-11-13-24(14-12-22)25-15-18-30(19-16-25)20-17-29(26-7-4-3-5-8-26)32-28-10-6-9-27(21-28)23(2)31/h3-14,21,25,29H,15-20H2,1-2H3/t29-/m0/s1. The highest BCUT2D eigenvalue weighted by Crippen LogP contribution is 2.30. The van der Waals surface area contributed by atoms with Crippen LogP contribution in [-0.4, -0.2) is 30.3 Å². The Morgan fingerprint density at radius 2 is 1.69 bits per heavy atom. The first-order valence-electron chi connectivity index (χ1n) is 11.7. The number of hydrogen-bond donors (Lipinski definition) is 0. The molecule has 0 aliphatic carbocycles. The van der Waals surface area contributed by atoms with Gasteiger partial charge in [-0.3, -0.25) is 4.79 Å². The molecule has 1 heterocycles. The fourth-order valence-electron chi connectivity index (χ4n) is 4.54. The van der Waals surface area contributed by atoms with Crippen LogP contribution in [0.2, 0.25) is 0 Å². The van der Waals surface area contributed by atoms with E-state index < -0.39 is 0 Å². The average Bonchev–Trinajstić information content (AvgIpc) is 2.83. The van der Waals surface area contributed by atoms with Crippen LogP contribution in [0.3, 0.4) is 0 Å². The molecule has 3 aromatic carbocycles. The van der Waals surface area contributed by atoms with Gasteiger partial charge < -0.3 is 9.64 Å². The second-order valence-electron chi connectivity index (χ2n) is 8.92. The molecule has 1 aliphatic heterocycles. The fourth-order valence-corrected chi connectivity index (χ4v) is 4.54. The number of likely N-dealkylation sites (tertiary alicyclic amines) is 1. The first-order chi connectivity index (χ1) is 15.6. The maximum absolute atomic E-state index is 11.8. The largest absolute Gasteiger partial charge is 0.486 e. The maximum atomic E-state index is 11.8. The van der Waals surface area contributed by atoms with Gasteiger partial charge in [0, 0.05) is 18.5 Å². The van der Waals surface area contributed by atoms with Crippen LogP contribution < -0.4 is 4.74 Å². The van der Waals surface area contributed by atoms with Gasteiger partial charge >= 0.3 is 0 Å². The monoisotopic (exact) mass is 427 g/mol. The summed E-state index contributed by atoms with van der Waals surface area (Å²) in [5.41, 5.74) is 4.67. The molecule has 3 aromatic rings. The van der Waals surface area contributed by atoms with Crippen molar-refractivity contribution in [3.63, 3.8) is 0 Å². The zero-order chi connectivity index (χ0) is 22.3. The number of piperidine rings is 1. The lowest BCUT2D eigenvalue weighted by atomic mass is 9.89. The number of Topliss-reactive ketones (excluding diaryl/α,β-unsaturated/α-hetero) is 1. The molecule has 0 unspecified atom stereocenters. The lowest BCUT2D eigenvalue weighted by Gasteiger charge is -2.33. The van der Waals surface area contributed by atoms with Crippen molar-refractivity contribution in [3.8, 4) is 5.75 Å². The number of carbonyl (C=O) groups excluding carboxylic acids is 1. The number of nitrogens with zero attached hydrogens (tertiary/aromatic N) is 1. The van der Waals surface area contributed by atoms with Gasteiger partial charge in [-0.25, -0.2) is 0 Å². The summed E-state index contributed by atoms with van der Waals surface area (Å²) < 4.78 is 6.41. The molecule has 4 rings (SSSR count). The van der Waals surface area contributed by atoms with Gasteiger partial charge in [0.1, 0.15) is 11.9 Å². The van der Waals surface area contributed by atoms with Gasteiger partial charge in [-0.2, -0.15) is 0 Å². The number of hydrogen-bond acceptors (Lipinski definition) is 3. The van der Waals surface area contributed by atoms with Crippen LogP contribution in [0.4, 0.5) is 0 Å². The first-order valence-corrected chi connectivity index (χ1v) is 11.7. The number of carbonyl (C=O) groups is 1. The van der Waals surface area contributed by atoms with Gasteiger partial charge in [-0.1, -0.05) is 72.3 Å². The van der Waals surface area contributed by atoms with Gasteiger partial charge in [0.2, 0.25) is 0 Å². The van der Waals surface area contributed by atoms with Crippen molar-refractivity contribution in [1.29, 1.82) is 0 Å². The molecule has 0 spiro atoms. The smallest absolute Gasteiger partial charge is 0.159 e. The van der Waals surface area contributed by atoms with Gasteiger partial charge in [-0.05, 0) is 69.0 Å². The van der Waals surface area contributed by atoms with Crippen LogP contribution in [0, 0.1) is 6.92 Å². The molecule has 0 N–H and O–H groups in total. The minimum absolute atomic E-state index is 0.0340. The molecule has 0 amide bonds. The average molecular weight is 428 g/mol. The lowest BCUT2D eigenvalue weighted by Crippen LogP contribution is -2.34. The van der Waals surface area contributed by atoms with Gasteiger partial charge in [0.15, 0.2) is 5.78 Å². The third kappa shape index (κ3) is 5.86. The van der Waals surface area contributed by atoms with E-state index in [4.69, 9.17) is 4.74 Å². The topological polar surface area (TPSA) is 29.5 Å². The number of ketones is 1. The van der Waals surface area contributed by atoms with E-state index in [1.807, 2.05) is 30.3 Å². The van der Waals surface area contributed by atoms with Crippen molar-refractivity contribution in [3.05, 3.63) is 101 Å². The van der Waals surface area contributed by atoms with Crippen molar-refractivity contribution in [2.75, 3.05) is 19.6 Å². The van der Waals surface area contributed by atoms with E-state index in [1.54, 1.807) is 6.92 Å². The molecular weight excluding hydrogens is 394 g/mol. The van der Waals surface area contributed by atoms with Crippen molar-refractivity contribution >= 4 is 5.78 Å². The molecular formula is C29H33NO2. The van der Waals surface area contributed by atoms with Crippen LogP contribution in [-0.2, 0) is 0 Å². The highest BCUT2D eigenvalue weighted by molar-refractivity contribution is 5.94. The zero-order valence-corrected chi connectivity index (χ0v) is 19.2. The lowest BCUT2D eigenvalue weighted by molar-refractivity contribution is 0.101. The van der Waals surface area contributed by atoms with Crippen LogP contribution >= 0.6 is 0 Å². The Balaban J connectivity index is 1.37. The van der Waals surface area contributed by atoms with Gasteiger partial charge in [0.25, 0.3) is 0 Å². The van der Waals surface area contributed by atoms with Gasteiger partial charge in [0.05, 0.1) is 0 Å². The third-order valence-electron chi connectivity index (χ3n) is 6.53. The minimum atomic E-state index is -0.0340. The van der Waals surface area contributed by atoms with E-state index in [1.165, 1.54) is 29.5 Å². The van der Waals surface area contributed by atoms with E-state index in [0.717, 1.165) is 31.8 Å². The predicted molar refractivity (Wildman–Crippen MR) is 130 cm³/mol. The number of aryl methyl sites for hydroxylation is 1. The highest BCUT2D eigenvalue weighted by atomic mass is 16.5. The summed E-state index contributed by atoms with van der Waals surface area (Å²) in [6.45, 7) is 6.99. The summed E-state index contributed by atoms with van der Waals surface area (Å²) in [6.07, 6.45) is 3.30. The van der Waals surface area contributed by atoms with Crippen molar-refractivity contribution in [1.82, 2.24) is 4.90 Å². The normalized spacial score (nSPS) is 15.9. The second-order valence-corrected chi connectivity index (χ2v) is 8.92. The molecule has 0 saturated carbocycles. The third-order valence-corrected chi connectivity index (χ3v) is 6.53. The Labute approximate surface area is 192 Å². The fraction of sp³-hybridized carbons (Fsp3) is 0.345. The molecule has 0 aromatic heterocycles. The summed E-state index contributed by atoms with van der Waals surface area (Å²) in [6, 6.07) is 27.0. The Kier molecular flexibility index (Phi) is 7.39. The summed E-state index contributed by atoms with van der Waals surface area (Å²) in [7, 11) is 0. The maximum Gasteiger partial charge on any atom is 0.159 e. The molecule has 3 nitrogen and oxygen atoms in total. The molecule has 1 aliphatic rings. The molecule has 0 radical (unpaired) electrons. The number of benzene rings is 3. The molecule has 1 fully saturated rings. The Bertz CT molecular complexity index is 1000. The van der Waals surface area contributed by atoms with Crippen molar-refractivity contribution < 1.29 is 9.53 Å². The summed E-state index contributed by atoms with van der Waals surface area (Å²) in [4.78, 5) is 14.3. The van der Waals surface area contributed by atoms with Crippen LogP contribution in [0.1, 0.15) is 65.3 Å². The second kappa shape index (κ2) is 10.6. The quantitative estimate of drug-likeness (QED) is 0.380. The molecule has 1 saturated heterocycles. The minimum Gasteiger partial charge on any atom is -0.486 e. The molecule has 0 bridgehead atoms. The van der Waals surface area contributed by atoms with E-state index in [0.29, 0.717) is 11.5 Å². The van der Waals surface area contributed by atoms with E-state index in [-0.39, 0.29) is 11.9 Å². The Morgan fingerprint density at radius 1 is 0.969 bits per heavy atom. The van der Waals surface area contributed by atoms with E-state index >= 15 is 0 Å². The molecule has 3 heteroatoms. The summed E-state index contributed by atoms with van der Waals surface area (Å²) in [5, 5.41) is 0. The summed E-state index contributed by atoms with van der Waals surface area (Å²) in [5.74, 6) is 1.48. The Hall–Kier alpha value is -2.91. The van der Waals surface area contributed by atoms with Crippen LogP contribution in [0.5, 0.6) is 5.75 Å². The highest BCUT2D eigenvalue weighted by Gasteiger charge is 2.22. The van der Waals surface area contributed by atoms with E-state index in [9.17, 15) is 4.79 Å². The van der Waals surface area contributed by atoms with Crippen LogP contribution in [0.25, 0.3) is 0 Å². The van der Waals surface area contributed by atoms with E-state index in [2.05, 4.69) is 60.4 Å². The Morgan fingerprint density at radius 3 is 2.38 bits per heavy atom.